The summed E-state index contributed by atoms with van der Waals surface area (Å²) >= 11 is 0. The molecule has 7 heteroatoms. The standard InChI is InChI=1S/C21H26F2N2O2S/c1-25(28(26,27)19-5-3-2-4-6-19)18-10-7-15(8-11-18)21(24)14-16-13-17(22)9-12-20(16)23/h2-6,9,12-13,15,18,21H,7-8,10-11,14,24H2,1H3/t15?,18?,21-/m1/s1. The molecular formula is C21H26F2N2O2S. The van der Waals surface area contributed by atoms with E-state index in [-0.39, 0.29) is 29.3 Å². The third kappa shape index (κ3) is 4.59. The molecule has 1 aliphatic carbocycles. The second kappa shape index (κ2) is 8.68. The van der Waals surface area contributed by atoms with E-state index in [4.69, 9.17) is 5.73 Å². The van der Waals surface area contributed by atoms with Crippen molar-refractivity contribution in [1.29, 1.82) is 0 Å². The summed E-state index contributed by atoms with van der Waals surface area (Å²) in [5.74, 6) is -0.758. The molecule has 0 bridgehead atoms. The van der Waals surface area contributed by atoms with Gasteiger partial charge in [0.05, 0.1) is 4.90 Å². The molecule has 1 saturated carbocycles. The molecule has 0 radical (unpaired) electrons. The van der Waals surface area contributed by atoms with Gasteiger partial charge in [0, 0.05) is 19.1 Å². The fourth-order valence-electron chi connectivity index (χ4n) is 3.97. The van der Waals surface area contributed by atoms with Crippen molar-refractivity contribution in [1.82, 2.24) is 4.31 Å². The topological polar surface area (TPSA) is 63.4 Å². The first-order valence-corrected chi connectivity index (χ1v) is 11.0. The summed E-state index contributed by atoms with van der Waals surface area (Å²) in [5.41, 5.74) is 6.57. The van der Waals surface area contributed by atoms with Gasteiger partial charge in [0.2, 0.25) is 10.0 Å². The van der Waals surface area contributed by atoms with Gasteiger partial charge in [-0.15, -0.1) is 0 Å². The molecule has 2 aromatic carbocycles. The monoisotopic (exact) mass is 408 g/mol. The Labute approximate surface area is 165 Å². The van der Waals surface area contributed by atoms with Crippen LogP contribution in [-0.2, 0) is 16.4 Å². The molecule has 0 spiro atoms. The van der Waals surface area contributed by atoms with Crippen LogP contribution in [0.5, 0.6) is 0 Å². The van der Waals surface area contributed by atoms with Gasteiger partial charge in [-0.3, -0.25) is 0 Å². The van der Waals surface area contributed by atoms with Crippen molar-refractivity contribution in [2.24, 2.45) is 11.7 Å². The fourth-order valence-corrected chi connectivity index (χ4v) is 5.41. The maximum absolute atomic E-state index is 13.9. The lowest BCUT2D eigenvalue weighted by atomic mass is 9.80. The van der Waals surface area contributed by atoms with E-state index in [0.717, 1.165) is 25.0 Å². The van der Waals surface area contributed by atoms with Gasteiger partial charge in [-0.05, 0) is 73.9 Å². The number of nitrogens with zero attached hydrogens (tertiary/aromatic N) is 1. The Morgan fingerprint density at radius 3 is 2.36 bits per heavy atom. The quantitative estimate of drug-likeness (QED) is 0.793. The zero-order chi connectivity index (χ0) is 20.3. The highest BCUT2D eigenvalue weighted by molar-refractivity contribution is 7.89. The first-order valence-electron chi connectivity index (χ1n) is 9.51. The number of halogens is 2. The van der Waals surface area contributed by atoms with E-state index in [1.807, 2.05) is 0 Å². The molecule has 2 aromatic rings. The van der Waals surface area contributed by atoms with E-state index in [9.17, 15) is 17.2 Å². The van der Waals surface area contributed by atoms with Crippen molar-refractivity contribution in [3.05, 3.63) is 65.7 Å². The van der Waals surface area contributed by atoms with E-state index >= 15 is 0 Å². The van der Waals surface area contributed by atoms with Crippen LogP contribution in [0.25, 0.3) is 0 Å². The van der Waals surface area contributed by atoms with E-state index in [0.29, 0.717) is 18.4 Å². The number of benzene rings is 2. The number of rotatable bonds is 6. The molecule has 0 amide bonds. The Morgan fingerprint density at radius 2 is 1.71 bits per heavy atom. The molecule has 2 N–H and O–H groups in total. The molecule has 3 rings (SSSR count). The zero-order valence-corrected chi connectivity index (χ0v) is 16.7. The highest BCUT2D eigenvalue weighted by atomic mass is 32.2. The van der Waals surface area contributed by atoms with E-state index in [1.165, 1.54) is 10.4 Å². The molecule has 0 aliphatic heterocycles. The minimum atomic E-state index is -3.52. The summed E-state index contributed by atoms with van der Waals surface area (Å²) in [6.07, 6.45) is 3.20. The van der Waals surface area contributed by atoms with Crippen molar-refractivity contribution in [2.75, 3.05) is 7.05 Å². The van der Waals surface area contributed by atoms with Crippen LogP contribution >= 0.6 is 0 Å². The Balaban J connectivity index is 1.60. The lowest BCUT2D eigenvalue weighted by Crippen LogP contribution is -2.42. The van der Waals surface area contributed by atoms with Crippen molar-refractivity contribution >= 4 is 10.0 Å². The van der Waals surface area contributed by atoms with Crippen LogP contribution in [0.2, 0.25) is 0 Å². The predicted molar refractivity (Wildman–Crippen MR) is 105 cm³/mol. The van der Waals surface area contributed by atoms with Gasteiger partial charge >= 0.3 is 0 Å². The van der Waals surface area contributed by atoms with Crippen LogP contribution in [0.15, 0.2) is 53.4 Å². The van der Waals surface area contributed by atoms with Crippen LogP contribution in [0.1, 0.15) is 31.2 Å². The molecule has 1 aliphatic rings. The molecule has 0 saturated heterocycles. The summed E-state index contributed by atoms with van der Waals surface area (Å²) in [4.78, 5) is 0.290. The fraction of sp³-hybridized carbons (Fsp3) is 0.429. The highest BCUT2D eigenvalue weighted by Crippen LogP contribution is 2.32. The summed E-state index contributed by atoms with van der Waals surface area (Å²) in [5, 5.41) is 0. The van der Waals surface area contributed by atoms with Crippen molar-refractivity contribution in [3.63, 3.8) is 0 Å². The van der Waals surface area contributed by atoms with Crippen molar-refractivity contribution < 1.29 is 17.2 Å². The predicted octanol–water partition coefficient (Wildman–Crippen LogP) is 3.71. The van der Waals surface area contributed by atoms with Gasteiger partial charge in [-0.2, -0.15) is 4.31 Å². The van der Waals surface area contributed by atoms with Gasteiger partial charge in [-0.1, -0.05) is 18.2 Å². The van der Waals surface area contributed by atoms with Gasteiger partial charge in [0.1, 0.15) is 11.6 Å². The summed E-state index contributed by atoms with van der Waals surface area (Å²) in [6, 6.07) is 11.4. The molecule has 0 heterocycles. The second-order valence-electron chi connectivity index (χ2n) is 7.51. The number of hydrogen-bond acceptors (Lipinski definition) is 3. The van der Waals surface area contributed by atoms with Gasteiger partial charge in [0.15, 0.2) is 0 Å². The van der Waals surface area contributed by atoms with Crippen LogP contribution in [0.4, 0.5) is 8.78 Å². The molecule has 0 aromatic heterocycles. The average molecular weight is 409 g/mol. The van der Waals surface area contributed by atoms with E-state index in [1.54, 1.807) is 37.4 Å². The Morgan fingerprint density at radius 1 is 1.07 bits per heavy atom. The molecule has 1 atom stereocenters. The maximum atomic E-state index is 13.9. The van der Waals surface area contributed by atoms with Crippen LogP contribution in [-0.4, -0.2) is 31.9 Å². The lowest BCUT2D eigenvalue weighted by molar-refractivity contribution is 0.214. The molecule has 28 heavy (non-hydrogen) atoms. The second-order valence-corrected chi connectivity index (χ2v) is 9.50. The smallest absolute Gasteiger partial charge is 0.243 e. The molecule has 4 nitrogen and oxygen atoms in total. The van der Waals surface area contributed by atoms with Gasteiger partial charge in [0.25, 0.3) is 0 Å². The molecule has 1 fully saturated rings. The molecule has 152 valence electrons. The van der Waals surface area contributed by atoms with E-state index < -0.39 is 21.7 Å². The minimum Gasteiger partial charge on any atom is -0.327 e. The Kier molecular flexibility index (Phi) is 6.47. The number of sulfonamides is 1. The summed E-state index contributed by atoms with van der Waals surface area (Å²) < 4.78 is 54.2. The van der Waals surface area contributed by atoms with Crippen molar-refractivity contribution in [3.8, 4) is 0 Å². The minimum absolute atomic E-state index is 0.0837. The SMILES string of the molecule is CN(C1CCC([C@H](N)Cc2cc(F)ccc2F)CC1)S(=O)(=O)c1ccccc1. The lowest BCUT2D eigenvalue weighted by Gasteiger charge is -2.36. The van der Waals surface area contributed by atoms with E-state index in [2.05, 4.69) is 0 Å². The van der Waals surface area contributed by atoms with Gasteiger partial charge in [-0.25, -0.2) is 17.2 Å². The number of hydrogen-bond donors (Lipinski definition) is 1. The largest absolute Gasteiger partial charge is 0.327 e. The average Bonchev–Trinajstić information content (AvgIpc) is 2.71. The Hall–Kier alpha value is -1.83. The zero-order valence-electron chi connectivity index (χ0n) is 15.9. The molecular weight excluding hydrogens is 382 g/mol. The maximum Gasteiger partial charge on any atom is 0.243 e. The van der Waals surface area contributed by atoms with Gasteiger partial charge < -0.3 is 5.73 Å². The summed E-state index contributed by atoms with van der Waals surface area (Å²) in [7, 11) is -1.90. The normalized spacial score (nSPS) is 21.6. The number of nitrogens with two attached hydrogens (primary N) is 1. The summed E-state index contributed by atoms with van der Waals surface area (Å²) in [6.45, 7) is 0. The van der Waals surface area contributed by atoms with Crippen LogP contribution < -0.4 is 5.73 Å². The Bertz CT molecular complexity index is 898. The first-order chi connectivity index (χ1) is 13.3. The third-order valence-electron chi connectivity index (χ3n) is 5.74. The van der Waals surface area contributed by atoms with Crippen LogP contribution in [0.3, 0.4) is 0 Å². The first kappa shape index (κ1) is 20.9. The third-order valence-corrected chi connectivity index (χ3v) is 7.67. The molecule has 0 unspecified atom stereocenters. The van der Waals surface area contributed by atoms with Crippen molar-refractivity contribution in [2.45, 2.75) is 49.1 Å². The van der Waals surface area contributed by atoms with Crippen LogP contribution in [0, 0.1) is 17.6 Å². The highest BCUT2D eigenvalue weighted by Gasteiger charge is 2.33.